The number of hydrogen-bond donors (Lipinski definition) is 5. The zero-order valence-electron chi connectivity index (χ0n) is 20.5. The molecular formula is C25H26N10O2. The molecular weight excluding hydrogens is 472 g/mol. The molecule has 0 unspecified atom stereocenters. The molecule has 6 N–H and O–H groups in total. The Labute approximate surface area is 213 Å². The third-order valence-electron chi connectivity index (χ3n) is 5.26. The van der Waals surface area contributed by atoms with Crippen LogP contribution >= 0.6 is 0 Å². The van der Waals surface area contributed by atoms with Gasteiger partial charge in [0, 0.05) is 26.4 Å². The summed E-state index contributed by atoms with van der Waals surface area (Å²) in [6.45, 7) is 0. The van der Waals surface area contributed by atoms with Gasteiger partial charge in [0.2, 0.25) is 5.95 Å². The van der Waals surface area contributed by atoms with Gasteiger partial charge in [-0.25, -0.2) is 9.97 Å². The van der Waals surface area contributed by atoms with Gasteiger partial charge in [0.05, 0.1) is 24.1 Å². The predicted octanol–water partition coefficient (Wildman–Crippen LogP) is 2.66. The summed E-state index contributed by atoms with van der Waals surface area (Å²) in [5, 5.41) is 21.8. The van der Waals surface area contributed by atoms with Crippen molar-refractivity contribution in [1.82, 2.24) is 30.0 Å². The molecule has 0 aliphatic heterocycles. The molecule has 0 aliphatic rings. The molecule has 1 amide bonds. The number of nitrogens with two attached hydrogens (primary N) is 1. The standard InChI is InChI=1S/C25H26N10O2/c1-28-20(12-18(26)15-8-5-4-6-9-15)32-25-29-13-17(22(27)36)24(33-25)31-19-11-7-10-16(21(19)37-3)23-30-14-35(2)34-23/h4-14,26,28H,1-3H3,(H2,27,36)(H2,29,31,32,33)/b20-12+,26-18?. The lowest BCUT2D eigenvalue weighted by Gasteiger charge is -2.16. The summed E-state index contributed by atoms with van der Waals surface area (Å²) in [7, 11) is 5.01. The van der Waals surface area contributed by atoms with Gasteiger partial charge in [-0.1, -0.05) is 36.4 Å². The first-order valence-electron chi connectivity index (χ1n) is 11.2. The van der Waals surface area contributed by atoms with Gasteiger partial charge in [-0.15, -0.1) is 0 Å². The summed E-state index contributed by atoms with van der Waals surface area (Å²) in [6.07, 6.45) is 4.53. The van der Waals surface area contributed by atoms with E-state index in [2.05, 4.69) is 36.0 Å². The van der Waals surface area contributed by atoms with E-state index in [1.54, 1.807) is 43.3 Å². The second kappa shape index (κ2) is 11.0. The summed E-state index contributed by atoms with van der Waals surface area (Å²) in [6, 6.07) is 14.7. The van der Waals surface area contributed by atoms with Crippen molar-refractivity contribution >= 4 is 29.1 Å². The van der Waals surface area contributed by atoms with E-state index >= 15 is 0 Å². The average Bonchev–Trinajstić information content (AvgIpc) is 3.34. The fourth-order valence-corrected chi connectivity index (χ4v) is 3.48. The van der Waals surface area contributed by atoms with Gasteiger partial charge in [-0.05, 0) is 17.7 Å². The number of nitrogens with one attached hydrogen (secondary N) is 4. The quantitative estimate of drug-likeness (QED) is 0.206. The number of anilines is 3. The lowest BCUT2D eigenvalue weighted by atomic mass is 10.1. The maximum atomic E-state index is 12.1. The van der Waals surface area contributed by atoms with E-state index in [0.717, 1.165) is 5.56 Å². The molecule has 0 saturated heterocycles. The van der Waals surface area contributed by atoms with Crippen molar-refractivity contribution in [2.45, 2.75) is 0 Å². The molecule has 0 bridgehead atoms. The van der Waals surface area contributed by atoms with E-state index in [0.29, 0.717) is 28.6 Å². The van der Waals surface area contributed by atoms with E-state index in [4.69, 9.17) is 15.9 Å². The minimum atomic E-state index is -0.703. The minimum Gasteiger partial charge on any atom is -0.494 e. The summed E-state index contributed by atoms with van der Waals surface area (Å²) in [4.78, 5) is 25.1. The molecule has 0 radical (unpaired) electrons. The number of aryl methyl sites for hydroxylation is 1. The molecule has 4 aromatic rings. The number of primary amides is 1. The van der Waals surface area contributed by atoms with Gasteiger partial charge in [0.25, 0.3) is 5.91 Å². The number of carbonyl (C=O) groups is 1. The fraction of sp³-hybridized carbons (Fsp3) is 0.120. The first-order chi connectivity index (χ1) is 17.9. The zero-order valence-corrected chi connectivity index (χ0v) is 20.5. The van der Waals surface area contributed by atoms with Crippen molar-refractivity contribution in [3.8, 4) is 17.1 Å². The Morgan fingerprint density at radius 3 is 2.57 bits per heavy atom. The SMILES string of the molecule is CN/C(=C\C(=N)c1ccccc1)Nc1ncc(C(N)=O)c(Nc2cccc(-c3ncn(C)n3)c2OC)n1. The molecule has 0 spiro atoms. The third kappa shape index (κ3) is 5.70. The number of para-hydroxylation sites is 1. The molecule has 4 rings (SSSR count). The summed E-state index contributed by atoms with van der Waals surface area (Å²) in [5.41, 5.74) is 7.88. The largest absolute Gasteiger partial charge is 0.494 e. The Hall–Kier alpha value is -5.26. The van der Waals surface area contributed by atoms with Crippen molar-refractivity contribution in [3.63, 3.8) is 0 Å². The number of carbonyl (C=O) groups excluding carboxylic acids is 1. The number of nitrogens with zero attached hydrogens (tertiary/aromatic N) is 5. The molecule has 2 aromatic carbocycles. The van der Waals surface area contributed by atoms with E-state index in [1.807, 2.05) is 36.4 Å². The van der Waals surface area contributed by atoms with Gasteiger partial charge >= 0.3 is 0 Å². The van der Waals surface area contributed by atoms with Crippen LogP contribution in [0, 0.1) is 5.41 Å². The molecule has 2 aromatic heterocycles. The summed E-state index contributed by atoms with van der Waals surface area (Å²) in [5.74, 6) is 1.06. The number of methoxy groups -OCH3 is 1. The topological polar surface area (TPSA) is 169 Å². The maximum Gasteiger partial charge on any atom is 0.254 e. The predicted molar refractivity (Wildman–Crippen MR) is 141 cm³/mol. The van der Waals surface area contributed by atoms with Crippen LogP contribution in [0.3, 0.4) is 0 Å². The molecule has 0 saturated carbocycles. The van der Waals surface area contributed by atoms with Crippen molar-refractivity contribution in [2.75, 3.05) is 24.8 Å². The lowest BCUT2D eigenvalue weighted by molar-refractivity contribution is 0.100. The summed E-state index contributed by atoms with van der Waals surface area (Å²) < 4.78 is 7.23. The highest BCUT2D eigenvalue weighted by atomic mass is 16.5. The van der Waals surface area contributed by atoms with Crippen LogP contribution in [-0.2, 0) is 7.05 Å². The first kappa shape index (κ1) is 24.9. The zero-order chi connectivity index (χ0) is 26.4. The number of allylic oxidation sites excluding steroid dienone is 1. The number of rotatable bonds is 10. The van der Waals surface area contributed by atoms with Gasteiger partial charge in [-0.3, -0.25) is 9.48 Å². The van der Waals surface area contributed by atoms with Crippen molar-refractivity contribution < 1.29 is 9.53 Å². The van der Waals surface area contributed by atoms with E-state index < -0.39 is 5.91 Å². The number of benzene rings is 2. The molecule has 188 valence electrons. The number of amides is 1. The molecule has 12 nitrogen and oxygen atoms in total. The van der Waals surface area contributed by atoms with E-state index in [1.165, 1.54) is 13.3 Å². The number of aromatic nitrogens is 5. The number of ether oxygens (including phenoxy) is 1. The van der Waals surface area contributed by atoms with Crippen molar-refractivity contribution in [1.29, 1.82) is 5.41 Å². The Morgan fingerprint density at radius 2 is 1.92 bits per heavy atom. The lowest BCUT2D eigenvalue weighted by Crippen LogP contribution is -2.20. The highest BCUT2D eigenvalue weighted by molar-refractivity contribution is 6.07. The highest BCUT2D eigenvalue weighted by Gasteiger charge is 2.18. The van der Waals surface area contributed by atoms with Crippen LogP contribution in [0.15, 0.2) is 73.0 Å². The molecule has 0 atom stereocenters. The van der Waals surface area contributed by atoms with Crippen LogP contribution in [0.2, 0.25) is 0 Å². The van der Waals surface area contributed by atoms with Crippen LogP contribution in [0.1, 0.15) is 15.9 Å². The Balaban J connectivity index is 1.66. The van der Waals surface area contributed by atoms with Gasteiger partial charge in [-0.2, -0.15) is 10.1 Å². The van der Waals surface area contributed by atoms with Crippen LogP contribution in [0.25, 0.3) is 11.4 Å². The minimum absolute atomic E-state index is 0.0842. The monoisotopic (exact) mass is 498 g/mol. The molecule has 0 aliphatic carbocycles. The van der Waals surface area contributed by atoms with Crippen LogP contribution in [-0.4, -0.2) is 50.5 Å². The van der Waals surface area contributed by atoms with Crippen molar-refractivity contribution in [3.05, 3.63) is 84.1 Å². The Bertz CT molecular complexity index is 1460. The molecule has 2 heterocycles. The summed E-state index contributed by atoms with van der Waals surface area (Å²) >= 11 is 0. The van der Waals surface area contributed by atoms with Gasteiger partial charge in [0.15, 0.2) is 11.6 Å². The van der Waals surface area contributed by atoms with E-state index in [-0.39, 0.29) is 23.0 Å². The van der Waals surface area contributed by atoms with E-state index in [9.17, 15) is 4.79 Å². The highest BCUT2D eigenvalue weighted by Crippen LogP contribution is 2.36. The van der Waals surface area contributed by atoms with Gasteiger partial charge in [0.1, 0.15) is 23.5 Å². The van der Waals surface area contributed by atoms with Gasteiger partial charge < -0.3 is 31.8 Å². The number of hydrogen-bond acceptors (Lipinski definition) is 10. The van der Waals surface area contributed by atoms with Crippen LogP contribution in [0.5, 0.6) is 5.75 Å². The second-order valence-corrected chi connectivity index (χ2v) is 7.79. The smallest absolute Gasteiger partial charge is 0.254 e. The fourth-order valence-electron chi connectivity index (χ4n) is 3.48. The van der Waals surface area contributed by atoms with Crippen LogP contribution < -0.4 is 26.4 Å². The first-order valence-corrected chi connectivity index (χ1v) is 11.2. The van der Waals surface area contributed by atoms with Crippen molar-refractivity contribution in [2.24, 2.45) is 12.8 Å². The molecule has 0 fully saturated rings. The molecule has 12 heteroatoms. The average molecular weight is 499 g/mol. The molecule has 37 heavy (non-hydrogen) atoms. The second-order valence-electron chi connectivity index (χ2n) is 7.79. The van der Waals surface area contributed by atoms with Crippen LogP contribution in [0.4, 0.5) is 17.5 Å². The Morgan fingerprint density at radius 1 is 1.14 bits per heavy atom. The maximum absolute atomic E-state index is 12.1. The Kier molecular flexibility index (Phi) is 7.38. The third-order valence-corrected chi connectivity index (χ3v) is 5.26. The normalized spacial score (nSPS) is 11.1.